The third-order valence-electron chi connectivity index (χ3n) is 2.61. The predicted molar refractivity (Wildman–Crippen MR) is 74.5 cm³/mol. The number of nitrogens with one attached hydrogen (secondary N) is 1. The molecule has 16 heavy (non-hydrogen) atoms. The third-order valence-corrected chi connectivity index (χ3v) is 3.12. The summed E-state index contributed by atoms with van der Waals surface area (Å²) in [6, 6.07) is 0. The summed E-state index contributed by atoms with van der Waals surface area (Å²) < 4.78 is 5.48. The number of ether oxygens (including phenoxy) is 1. The predicted octanol–water partition coefficient (Wildman–Crippen LogP) is 1.64. The lowest BCUT2D eigenvalue weighted by molar-refractivity contribution is 0.0995. The Bertz CT molecular complexity index is 139. The fraction of sp³-hybridized carbons (Fsp3) is 1.00. The number of hydrogen-bond donors (Lipinski definition) is 2. The summed E-state index contributed by atoms with van der Waals surface area (Å²) in [5, 5.41) is 3.68. The zero-order valence-electron chi connectivity index (χ0n) is 11.0. The van der Waals surface area contributed by atoms with Crippen LogP contribution in [0.4, 0.5) is 0 Å². The van der Waals surface area contributed by atoms with E-state index in [2.05, 4.69) is 22.8 Å². The van der Waals surface area contributed by atoms with Gasteiger partial charge in [0.05, 0.1) is 13.2 Å². The maximum absolute atomic E-state index is 5.48. The molecule has 1 fully saturated rings. The third kappa shape index (κ3) is 8.39. The molecule has 0 radical (unpaired) electrons. The highest BCUT2D eigenvalue weighted by molar-refractivity contribution is 7.80. The van der Waals surface area contributed by atoms with Crippen LogP contribution >= 0.6 is 12.6 Å². The van der Waals surface area contributed by atoms with Gasteiger partial charge in [-0.15, -0.1) is 0 Å². The van der Waals surface area contributed by atoms with Crippen molar-refractivity contribution < 1.29 is 4.74 Å². The van der Waals surface area contributed by atoms with E-state index in [4.69, 9.17) is 4.74 Å². The van der Waals surface area contributed by atoms with E-state index in [0.717, 1.165) is 26.3 Å². The fourth-order valence-electron chi connectivity index (χ4n) is 1.61. The van der Waals surface area contributed by atoms with E-state index < -0.39 is 0 Å². The molecule has 4 heteroatoms. The van der Waals surface area contributed by atoms with Crippen LogP contribution in [0, 0.1) is 0 Å². The molecule has 1 aliphatic rings. The highest BCUT2D eigenvalue weighted by Crippen LogP contribution is 2.14. The van der Waals surface area contributed by atoms with Gasteiger partial charge in [-0.3, -0.25) is 0 Å². The first-order valence-corrected chi connectivity index (χ1v) is 6.97. The van der Waals surface area contributed by atoms with Crippen molar-refractivity contribution >= 4 is 12.6 Å². The lowest BCUT2D eigenvalue weighted by Crippen LogP contribution is -2.36. The van der Waals surface area contributed by atoms with Crippen molar-refractivity contribution in [3.8, 4) is 0 Å². The molecule has 0 aromatic rings. The molecule has 1 N–H and O–H groups in total. The number of hydrogen-bond acceptors (Lipinski definition) is 4. The summed E-state index contributed by atoms with van der Waals surface area (Å²) in [5.74, 6) is 0. The zero-order chi connectivity index (χ0) is 12.2. The van der Waals surface area contributed by atoms with Crippen LogP contribution in [-0.4, -0.2) is 56.6 Å². The van der Waals surface area contributed by atoms with Crippen LogP contribution < -0.4 is 5.32 Å². The van der Waals surface area contributed by atoms with Gasteiger partial charge in [0.1, 0.15) is 0 Å². The summed E-state index contributed by atoms with van der Waals surface area (Å²) in [6.07, 6.45) is 2.44. The molecule has 1 aliphatic heterocycles. The van der Waals surface area contributed by atoms with Crippen molar-refractivity contribution in [2.75, 3.05) is 46.4 Å². The van der Waals surface area contributed by atoms with Gasteiger partial charge in [0.25, 0.3) is 0 Å². The van der Waals surface area contributed by atoms with Crippen LogP contribution in [0.2, 0.25) is 0 Å². The molecule has 1 heterocycles. The maximum atomic E-state index is 5.48. The standard InChI is InChI=1S/C10H22N2OS.C2H6/c1-11-4-8-13-9-7-12-5-2-10(14)3-6-12;1-2/h10-11,14H,2-9H2,1H3;1-2H3. The molecular weight excluding hydrogens is 220 g/mol. The molecule has 0 spiro atoms. The van der Waals surface area contributed by atoms with E-state index in [1.54, 1.807) is 0 Å². The highest BCUT2D eigenvalue weighted by atomic mass is 32.1. The second kappa shape index (κ2) is 11.7. The van der Waals surface area contributed by atoms with Crippen molar-refractivity contribution in [2.24, 2.45) is 0 Å². The first-order chi connectivity index (χ1) is 7.83. The van der Waals surface area contributed by atoms with Crippen molar-refractivity contribution in [2.45, 2.75) is 31.9 Å². The number of rotatable bonds is 6. The molecule has 0 aromatic heterocycles. The van der Waals surface area contributed by atoms with Crippen molar-refractivity contribution in [3.05, 3.63) is 0 Å². The lowest BCUT2D eigenvalue weighted by Gasteiger charge is -2.29. The van der Waals surface area contributed by atoms with Crippen molar-refractivity contribution in [3.63, 3.8) is 0 Å². The average Bonchev–Trinajstić information content (AvgIpc) is 2.34. The van der Waals surface area contributed by atoms with Gasteiger partial charge in [0.2, 0.25) is 0 Å². The molecule has 0 aliphatic carbocycles. The Kier molecular flexibility index (Phi) is 11.9. The molecular formula is C12H28N2OS. The smallest absolute Gasteiger partial charge is 0.0594 e. The quantitative estimate of drug-likeness (QED) is 0.552. The number of nitrogens with zero attached hydrogens (tertiary/aromatic N) is 1. The average molecular weight is 248 g/mol. The molecule has 0 unspecified atom stereocenters. The summed E-state index contributed by atoms with van der Waals surface area (Å²) in [4.78, 5) is 2.46. The fourth-order valence-corrected chi connectivity index (χ4v) is 1.84. The summed E-state index contributed by atoms with van der Waals surface area (Å²) in [6.45, 7) is 10.1. The minimum absolute atomic E-state index is 0.622. The Morgan fingerprint density at radius 2 is 1.88 bits per heavy atom. The molecule has 1 rings (SSSR count). The van der Waals surface area contributed by atoms with Crippen LogP contribution in [0.3, 0.4) is 0 Å². The Morgan fingerprint density at radius 1 is 1.25 bits per heavy atom. The number of piperidine rings is 1. The van der Waals surface area contributed by atoms with E-state index >= 15 is 0 Å². The van der Waals surface area contributed by atoms with Crippen LogP contribution in [-0.2, 0) is 4.74 Å². The summed E-state index contributed by atoms with van der Waals surface area (Å²) >= 11 is 4.47. The monoisotopic (exact) mass is 248 g/mol. The summed E-state index contributed by atoms with van der Waals surface area (Å²) in [5.41, 5.74) is 0. The molecule has 1 saturated heterocycles. The Hall–Kier alpha value is 0.230. The lowest BCUT2D eigenvalue weighted by atomic mass is 10.1. The molecule has 3 nitrogen and oxygen atoms in total. The molecule has 0 amide bonds. The van der Waals surface area contributed by atoms with Gasteiger partial charge < -0.3 is 15.0 Å². The normalized spacial score (nSPS) is 18.0. The van der Waals surface area contributed by atoms with Gasteiger partial charge >= 0.3 is 0 Å². The van der Waals surface area contributed by atoms with Gasteiger partial charge in [-0.2, -0.15) is 12.6 Å². The number of likely N-dealkylation sites (tertiary alicyclic amines) is 1. The molecule has 0 saturated carbocycles. The Balaban J connectivity index is 0.00000106. The van der Waals surface area contributed by atoms with Crippen molar-refractivity contribution in [1.29, 1.82) is 0 Å². The van der Waals surface area contributed by atoms with Gasteiger partial charge in [-0.05, 0) is 33.0 Å². The van der Waals surface area contributed by atoms with Gasteiger partial charge in [0, 0.05) is 18.3 Å². The van der Waals surface area contributed by atoms with Gasteiger partial charge in [-0.1, -0.05) is 13.8 Å². The molecule has 0 bridgehead atoms. The molecule has 0 atom stereocenters. The van der Waals surface area contributed by atoms with E-state index in [-0.39, 0.29) is 0 Å². The largest absolute Gasteiger partial charge is 0.379 e. The Labute approximate surface area is 106 Å². The van der Waals surface area contributed by atoms with Gasteiger partial charge in [-0.25, -0.2) is 0 Å². The number of thiol groups is 1. The SMILES string of the molecule is CC.CNCCOCCN1CCC(S)CC1. The first kappa shape index (κ1) is 16.2. The van der Waals surface area contributed by atoms with E-state index in [1.807, 2.05) is 20.9 Å². The van der Waals surface area contributed by atoms with Crippen LogP contribution in [0.15, 0.2) is 0 Å². The highest BCUT2D eigenvalue weighted by Gasteiger charge is 2.15. The second-order valence-corrected chi connectivity index (χ2v) is 4.52. The minimum atomic E-state index is 0.622. The van der Waals surface area contributed by atoms with E-state index in [9.17, 15) is 0 Å². The topological polar surface area (TPSA) is 24.5 Å². The summed E-state index contributed by atoms with van der Waals surface area (Å²) in [7, 11) is 1.95. The second-order valence-electron chi connectivity index (χ2n) is 3.79. The maximum Gasteiger partial charge on any atom is 0.0594 e. The van der Waals surface area contributed by atoms with E-state index in [0.29, 0.717) is 5.25 Å². The van der Waals surface area contributed by atoms with Gasteiger partial charge in [0.15, 0.2) is 0 Å². The van der Waals surface area contributed by atoms with Crippen LogP contribution in [0.1, 0.15) is 26.7 Å². The molecule has 98 valence electrons. The number of likely N-dealkylation sites (N-methyl/N-ethyl adjacent to an activating group) is 1. The first-order valence-electron chi connectivity index (χ1n) is 6.45. The van der Waals surface area contributed by atoms with Crippen molar-refractivity contribution in [1.82, 2.24) is 10.2 Å². The Morgan fingerprint density at radius 3 is 2.44 bits per heavy atom. The van der Waals surface area contributed by atoms with E-state index in [1.165, 1.54) is 25.9 Å². The zero-order valence-corrected chi connectivity index (χ0v) is 11.9. The van der Waals surface area contributed by atoms with Crippen LogP contribution in [0.5, 0.6) is 0 Å². The van der Waals surface area contributed by atoms with Crippen LogP contribution in [0.25, 0.3) is 0 Å². The minimum Gasteiger partial charge on any atom is -0.379 e. The molecule has 0 aromatic carbocycles.